The number of hydrogen-bond acceptors (Lipinski definition) is 3. The van der Waals surface area contributed by atoms with E-state index in [1.54, 1.807) is 11.3 Å². The van der Waals surface area contributed by atoms with Crippen molar-refractivity contribution in [3.63, 3.8) is 0 Å². The van der Waals surface area contributed by atoms with Crippen LogP contribution >= 0.6 is 23.1 Å². The summed E-state index contributed by atoms with van der Waals surface area (Å²) < 4.78 is 0. The van der Waals surface area contributed by atoms with Crippen LogP contribution in [0.25, 0.3) is 0 Å². The lowest BCUT2D eigenvalue weighted by atomic mass is 10.2. The van der Waals surface area contributed by atoms with Gasteiger partial charge >= 0.3 is 0 Å². The summed E-state index contributed by atoms with van der Waals surface area (Å²) in [6.07, 6.45) is 1.93. The Hall–Kier alpha value is -1.19. The van der Waals surface area contributed by atoms with Crippen LogP contribution in [0.15, 0.2) is 59.3 Å². The van der Waals surface area contributed by atoms with Crippen molar-refractivity contribution in [1.29, 1.82) is 0 Å². The van der Waals surface area contributed by atoms with E-state index in [1.165, 1.54) is 15.5 Å². The molecule has 1 aromatic carbocycles. The molecule has 1 nitrogen and oxygen atoms in total. The molecule has 0 fully saturated rings. The van der Waals surface area contributed by atoms with Crippen LogP contribution in [0, 0.1) is 0 Å². The maximum Gasteiger partial charge on any atom is 0.0578 e. The highest BCUT2D eigenvalue weighted by Crippen LogP contribution is 2.30. The Morgan fingerprint density at radius 3 is 2.89 bits per heavy atom. The second kappa shape index (κ2) is 6.66. The van der Waals surface area contributed by atoms with Crippen LogP contribution in [0.3, 0.4) is 0 Å². The summed E-state index contributed by atoms with van der Waals surface area (Å²) in [7, 11) is 0. The van der Waals surface area contributed by atoms with E-state index in [1.807, 2.05) is 17.8 Å². The van der Waals surface area contributed by atoms with Crippen molar-refractivity contribution in [2.45, 2.75) is 17.9 Å². The normalized spacial score (nSPS) is 12.1. The van der Waals surface area contributed by atoms with Gasteiger partial charge in [-0.2, -0.15) is 0 Å². The monoisotopic (exact) mass is 275 g/mol. The van der Waals surface area contributed by atoms with Crippen LogP contribution in [0.5, 0.6) is 0 Å². The van der Waals surface area contributed by atoms with Crippen LogP contribution < -0.4 is 5.32 Å². The third kappa shape index (κ3) is 3.40. The standard InChI is InChI=1S/C15H17NS2/c1-3-10-17-15-8-5-4-7-13(15)16-12(2)14-9-6-11-18-14/h3-9,11-12,16H,1,10H2,2H3. The van der Waals surface area contributed by atoms with Crippen molar-refractivity contribution < 1.29 is 0 Å². The van der Waals surface area contributed by atoms with Crippen molar-refractivity contribution in [2.75, 3.05) is 11.1 Å². The molecule has 1 N–H and O–H groups in total. The van der Waals surface area contributed by atoms with Crippen molar-refractivity contribution in [2.24, 2.45) is 0 Å². The van der Waals surface area contributed by atoms with Crippen molar-refractivity contribution >= 4 is 28.8 Å². The van der Waals surface area contributed by atoms with Gasteiger partial charge in [-0.05, 0) is 30.5 Å². The molecule has 0 saturated carbocycles. The molecular weight excluding hydrogens is 258 g/mol. The molecule has 1 aromatic heterocycles. The quantitative estimate of drug-likeness (QED) is 0.574. The lowest BCUT2D eigenvalue weighted by molar-refractivity contribution is 0.902. The minimum absolute atomic E-state index is 0.343. The highest BCUT2D eigenvalue weighted by Gasteiger charge is 2.08. The van der Waals surface area contributed by atoms with Crippen LogP contribution in [-0.4, -0.2) is 5.75 Å². The van der Waals surface area contributed by atoms with E-state index < -0.39 is 0 Å². The molecule has 0 aliphatic carbocycles. The van der Waals surface area contributed by atoms with Gasteiger partial charge in [-0.15, -0.1) is 29.7 Å². The molecule has 0 aliphatic heterocycles. The van der Waals surface area contributed by atoms with Gasteiger partial charge in [0.15, 0.2) is 0 Å². The molecule has 2 aromatic rings. The summed E-state index contributed by atoms with van der Waals surface area (Å²) >= 11 is 3.60. The fourth-order valence-corrected chi connectivity index (χ4v) is 3.19. The number of thioether (sulfide) groups is 1. The molecule has 1 unspecified atom stereocenters. The maximum atomic E-state index is 3.77. The Kier molecular flexibility index (Phi) is 4.90. The molecule has 18 heavy (non-hydrogen) atoms. The second-order valence-corrected chi connectivity index (χ2v) is 6.02. The molecule has 1 atom stereocenters. The summed E-state index contributed by atoms with van der Waals surface area (Å²) in [4.78, 5) is 2.64. The van der Waals surface area contributed by atoms with E-state index in [9.17, 15) is 0 Å². The number of thiophene rings is 1. The Morgan fingerprint density at radius 1 is 1.33 bits per heavy atom. The highest BCUT2D eigenvalue weighted by atomic mass is 32.2. The smallest absolute Gasteiger partial charge is 0.0578 e. The van der Waals surface area contributed by atoms with Gasteiger partial charge in [-0.1, -0.05) is 24.3 Å². The lowest BCUT2D eigenvalue weighted by Crippen LogP contribution is -2.05. The van der Waals surface area contributed by atoms with Crippen molar-refractivity contribution in [3.05, 3.63) is 59.3 Å². The molecule has 94 valence electrons. The van der Waals surface area contributed by atoms with Gasteiger partial charge in [-0.25, -0.2) is 0 Å². The Labute approximate surface area is 117 Å². The fraction of sp³-hybridized carbons (Fsp3) is 0.200. The number of hydrogen-bond donors (Lipinski definition) is 1. The molecule has 3 heteroatoms. The number of para-hydroxylation sites is 1. The van der Waals surface area contributed by atoms with E-state index in [4.69, 9.17) is 0 Å². The zero-order chi connectivity index (χ0) is 12.8. The van der Waals surface area contributed by atoms with E-state index >= 15 is 0 Å². The third-order valence-corrected chi connectivity index (χ3v) is 4.71. The summed E-state index contributed by atoms with van der Waals surface area (Å²) in [5.74, 6) is 0.937. The molecule has 0 amide bonds. The Morgan fingerprint density at radius 2 is 2.17 bits per heavy atom. The Balaban J connectivity index is 2.10. The van der Waals surface area contributed by atoms with Gasteiger partial charge in [0.1, 0.15) is 0 Å². The summed E-state index contributed by atoms with van der Waals surface area (Å²) in [6, 6.07) is 13.0. The average molecular weight is 275 g/mol. The molecule has 1 heterocycles. The summed E-state index contributed by atoms with van der Waals surface area (Å²) in [5, 5.41) is 5.69. The van der Waals surface area contributed by atoms with Gasteiger partial charge in [0.2, 0.25) is 0 Å². The SMILES string of the molecule is C=CCSc1ccccc1NC(C)c1cccs1. The van der Waals surface area contributed by atoms with Crippen LogP contribution in [0.4, 0.5) is 5.69 Å². The molecule has 0 bridgehead atoms. The van der Waals surface area contributed by atoms with E-state index in [0.717, 1.165) is 5.75 Å². The first-order valence-electron chi connectivity index (χ1n) is 5.94. The minimum atomic E-state index is 0.343. The first-order chi connectivity index (χ1) is 8.81. The van der Waals surface area contributed by atoms with E-state index in [0.29, 0.717) is 6.04 Å². The molecule has 0 saturated heterocycles. The summed E-state index contributed by atoms with van der Waals surface area (Å²) in [5.41, 5.74) is 1.20. The predicted molar refractivity (Wildman–Crippen MR) is 83.7 cm³/mol. The van der Waals surface area contributed by atoms with Gasteiger partial charge in [-0.3, -0.25) is 0 Å². The van der Waals surface area contributed by atoms with E-state index in [2.05, 4.69) is 60.6 Å². The molecule has 0 aliphatic rings. The molecule has 0 spiro atoms. The molecular formula is C15H17NS2. The van der Waals surface area contributed by atoms with Gasteiger partial charge in [0.05, 0.1) is 6.04 Å². The average Bonchev–Trinajstić information content (AvgIpc) is 2.91. The number of rotatable bonds is 6. The minimum Gasteiger partial charge on any atom is -0.377 e. The zero-order valence-electron chi connectivity index (χ0n) is 10.4. The number of nitrogens with one attached hydrogen (secondary N) is 1. The van der Waals surface area contributed by atoms with E-state index in [-0.39, 0.29) is 0 Å². The van der Waals surface area contributed by atoms with Crippen LogP contribution in [0.1, 0.15) is 17.8 Å². The maximum absolute atomic E-state index is 3.77. The molecule has 0 radical (unpaired) electrons. The number of anilines is 1. The van der Waals surface area contributed by atoms with Gasteiger partial charge in [0, 0.05) is 21.2 Å². The van der Waals surface area contributed by atoms with Crippen LogP contribution in [-0.2, 0) is 0 Å². The first-order valence-corrected chi connectivity index (χ1v) is 7.80. The van der Waals surface area contributed by atoms with Crippen LogP contribution in [0.2, 0.25) is 0 Å². The van der Waals surface area contributed by atoms with Gasteiger partial charge < -0.3 is 5.32 Å². The summed E-state index contributed by atoms with van der Waals surface area (Å²) in [6.45, 7) is 5.96. The largest absolute Gasteiger partial charge is 0.377 e. The third-order valence-electron chi connectivity index (χ3n) is 2.59. The first kappa shape index (κ1) is 13.2. The van der Waals surface area contributed by atoms with Crippen molar-refractivity contribution in [3.8, 4) is 0 Å². The topological polar surface area (TPSA) is 12.0 Å². The van der Waals surface area contributed by atoms with Crippen molar-refractivity contribution in [1.82, 2.24) is 0 Å². The highest BCUT2D eigenvalue weighted by molar-refractivity contribution is 7.99. The van der Waals surface area contributed by atoms with Gasteiger partial charge in [0.25, 0.3) is 0 Å². The second-order valence-electron chi connectivity index (χ2n) is 3.98. The lowest BCUT2D eigenvalue weighted by Gasteiger charge is -2.16. The molecule has 2 rings (SSSR count). The predicted octanol–water partition coefficient (Wildman–Crippen LogP) is 5.20. The number of benzene rings is 1. The Bertz CT molecular complexity index is 491. The zero-order valence-corrected chi connectivity index (χ0v) is 12.1. The fourth-order valence-electron chi connectivity index (χ4n) is 1.70.